The fraction of sp³-hybridized carbons (Fsp3) is 0.500. The number of aliphatic hydroxyl groups is 1. The summed E-state index contributed by atoms with van der Waals surface area (Å²) in [6.07, 6.45) is 3.87. The van der Waals surface area contributed by atoms with Gasteiger partial charge in [-0.1, -0.05) is 0 Å². The number of aromatic nitrogens is 1. The molecule has 4 nitrogen and oxygen atoms in total. The number of pyridine rings is 1. The number of nitrogens with zero attached hydrogens (tertiary/aromatic N) is 1. The van der Waals surface area contributed by atoms with E-state index in [-0.39, 0.29) is 12.0 Å². The van der Waals surface area contributed by atoms with Crippen molar-refractivity contribution in [2.45, 2.75) is 12.8 Å². The van der Waals surface area contributed by atoms with E-state index in [1.54, 1.807) is 18.3 Å². The van der Waals surface area contributed by atoms with Gasteiger partial charge in [0.25, 0.3) is 0 Å². The minimum atomic E-state index is 0.103. The average Bonchev–Trinajstić information content (AvgIpc) is 2.96. The van der Waals surface area contributed by atoms with Gasteiger partial charge in [0, 0.05) is 29.9 Å². The van der Waals surface area contributed by atoms with Crippen LogP contribution in [-0.2, 0) is 0 Å². The molecule has 4 heteroatoms. The smallest absolute Gasteiger partial charge is 0.127 e. The highest BCUT2D eigenvalue weighted by molar-refractivity contribution is 5.48. The lowest BCUT2D eigenvalue weighted by molar-refractivity contribution is 0.219. The normalized spacial score (nSPS) is 17.8. The van der Waals surface area contributed by atoms with Crippen molar-refractivity contribution in [3.05, 3.63) is 18.3 Å². The number of anilines is 2. The fourth-order valence-electron chi connectivity index (χ4n) is 1.39. The Kier molecular flexibility index (Phi) is 2.29. The Morgan fingerprint density at radius 3 is 2.93 bits per heavy atom. The number of rotatable bonds is 4. The topological polar surface area (TPSA) is 71.2 Å². The van der Waals surface area contributed by atoms with Gasteiger partial charge in [-0.2, -0.15) is 0 Å². The first-order chi connectivity index (χ1) is 6.74. The zero-order chi connectivity index (χ0) is 10.0. The molecule has 1 saturated carbocycles. The summed E-state index contributed by atoms with van der Waals surface area (Å²) < 4.78 is 0. The molecule has 4 N–H and O–H groups in total. The molecule has 1 heterocycles. The van der Waals surface area contributed by atoms with Gasteiger partial charge in [0.2, 0.25) is 0 Å². The maximum Gasteiger partial charge on any atom is 0.127 e. The molecule has 0 amide bonds. The summed E-state index contributed by atoms with van der Waals surface area (Å²) in [7, 11) is 0. The third kappa shape index (κ3) is 1.96. The van der Waals surface area contributed by atoms with Crippen LogP contribution in [0.25, 0.3) is 0 Å². The van der Waals surface area contributed by atoms with E-state index >= 15 is 0 Å². The van der Waals surface area contributed by atoms with E-state index in [1.807, 2.05) is 0 Å². The van der Waals surface area contributed by atoms with E-state index in [0.29, 0.717) is 5.69 Å². The molecule has 1 aromatic heterocycles. The number of nitrogens with two attached hydrogens (primary N) is 1. The van der Waals surface area contributed by atoms with Gasteiger partial charge in [-0.05, 0) is 18.9 Å². The van der Waals surface area contributed by atoms with Gasteiger partial charge in [-0.15, -0.1) is 0 Å². The minimum Gasteiger partial charge on any atom is -0.399 e. The molecule has 14 heavy (non-hydrogen) atoms. The van der Waals surface area contributed by atoms with Gasteiger partial charge in [-0.3, -0.25) is 0 Å². The number of nitrogen functional groups attached to an aromatic ring is 1. The lowest BCUT2D eigenvalue weighted by Gasteiger charge is -2.13. The van der Waals surface area contributed by atoms with Gasteiger partial charge in [0.1, 0.15) is 5.82 Å². The van der Waals surface area contributed by atoms with Gasteiger partial charge < -0.3 is 16.2 Å². The second-order valence-electron chi connectivity index (χ2n) is 3.99. The number of nitrogens with one attached hydrogen (secondary N) is 1. The van der Waals surface area contributed by atoms with Crippen LogP contribution in [0.4, 0.5) is 11.5 Å². The highest BCUT2D eigenvalue weighted by Crippen LogP contribution is 2.44. The first-order valence-corrected chi connectivity index (χ1v) is 4.80. The van der Waals surface area contributed by atoms with Crippen molar-refractivity contribution in [3.8, 4) is 0 Å². The molecule has 1 aliphatic rings. The second kappa shape index (κ2) is 3.46. The Labute approximate surface area is 83.2 Å². The predicted octanol–water partition coefficient (Wildman–Crippen LogP) is 0.848. The summed E-state index contributed by atoms with van der Waals surface area (Å²) in [6, 6.07) is 3.55. The third-order valence-corrected chi connectivity index (χ3v) is 2.72. The minimum absolute atomic E-state index is 0.103. The van der Waals surface area contributed by atoms with Crippen molar-refractivity contribution in [1.82, 2.24) is 4.98 Å². The van der Waals surface area contributed by atoms with Gasteiger partial charge in [0.15, 0.2) is 0 Å². The Bertz CT molecular complexity index is 323. The first-order valence-electron chi connectivity index (χ1n) is 4.80. The van der Waals surface area contributed by atoms with Crippen LogP contribution < -0.4 is 11.1 Å². The molecular weight excluding hydrogens is 178 g/mol. The van der Waals surface area contributed by atoms with Crippen LogP contribution in [0.1, 0.15) is 12.8 Å². The first kappa shape index (κ1) is 9.27. The largest absolute Gasteiger partial charge is 0.399 e. The molecule has 2 rings (SSSR count). The van der Waals surface area contributed by atoms with Crippen molar-refractivity contribution >= 4 is 11.5 Å². The zero-order valence-electron chi connectivity index (χ0n) is 8.03. The molecule has 0 unspecified atom stereocenters. The molecule has 0 atom stereocenters. The molecule has 1 fully saturated rings. The van der Waals surface area contributed by atoms with E-state index in [2.05, 4.69) is 10.3 Å². The molecule has 0 aliphatic heterocycles. The predicted molar refractivity (Wildman–Crippen MR) is 55.9 cm³/mol. The van der Waals surface area contributed by atoms with E-state index in [1.165, 1.54) is 0 Å². The van der Waals surface area contributed by atoms with Crippen LogP contribution in [0.2, 0.25) is 0 Å². The fourth-order valence-corrected chi connectivity index (χ4v) is 1.39. The summed E-state index contributed by atoms with van der Waals surface area (Å²) in [5, 5.41) is 12.3. The molecular formula is C10H15N3O. The standard InChI is InChI=1S/C10H15N3O/c11-8-1-4-12-9(5-8)13-6-10(7-14)2-3-10/h1,4-5,14H,2-3,6-7H2,(H3,11,12,13). The summed E-state index contributed by atoms with van der Waals surface area (Å²) in [5.74, 6) is 0.782. The third-order valence-electron chi connectivity index (χ3n) is 2.72. The van der Waals surface area contributed by atoms with E-state index in [0.717, 1.165) is 25.2 Å². The quantitative estimate of drug-likeness (QED) is 0.663. The molecule has 0 spiro atoms. The van der Waals surface area contributed by atoms with Gasteiger partial charge in [0.05, 0.1) is 6.61 Å². The molecule has 0 bridgehead atoms. The number of hydrogen-bond acceptors (Lipinski definition) is 4. The van der Waals surface area contributed by atoms with Crippen molar-refractivity contribution in [2.24, 2.45) is 5.41 Å². The summed E-state index contributed by atoms with van der Waals surface area (Å²) in [6.45, 7) is 1.03. The molecule has 0 aromatic carbocycles. The number of aliphatic hydroxyl groups excluding tert-OH is 1. The van der Waals surface area contributed by atoms with Crippen LogP contribution in [0, 0.1) is 5.41 Å². The van der Waals surface area contributed by atoms with Gasteiger partial charge >= 0.3 is 0 Å². The van der Waals surface area contributed by atoms with Crippen LogP contribution >= 0.6 is 0 Å². The molecule has 76 valence electrons. The SMILES string of the molecule is Nc1ccnc(NCC2(CO)CC2)c1. The van der Waals surface area contributed by atoms with Crippen LogP contribution in [0.15, 0.2) is 18.3 Å². The molecule has 1 aliphatic carbocycles. The lowest BCUT2D eigenvalue weighted by atomic mass is 10.1. The monoisotopic (exact) mass is 193 g/mol. The summed E-state index contributed by atoms with van der Waals surface area (Å²) in [4.78, 5) is 4.13. The Hall–Kier alpha value is -1.29. The molecule has 0 radical (unpaired) electrons. The Morgan fingerprint density at radius 1 is 1.57 bits per heavy atom. The van der Waals surface area contributed by atoms with Crippen LogP contribution in [0.3, 0.4) is 0 Å². The maximum absolute atomic E-state index is 9.10. The zero-order valence-corrected chi connectivity index (χ0v) is 8.03. The van der Waals surface area contributed by atoms with Crippen molar-refractivity contribution < 1.29 is 5.11 Å². The molecule has 1 aromatic rings. The maximum atomic E-state index is 9.10. The number of hydrogen-bond donors (Lipinski definition) is 3. The average molecular weight is 193 g/mol. The van der Waals surface area contributed by atoms with Gasteiger partial charge in [-0.25, -0.2) is 4.98 Å². The second-order valence-corrected chi connectivity index (χ2v) is 3.99. The lowest BCUT2D eigenvalue weighted by Crippen LogP contribution is -2.19. The summed E-state index contributed by atoms with van der Waals surface area (Å²) in [5.41, 5.74) is 6.43. The van der Waals surface area contributed by atoms with Crippen LogP contribution in [0.5, 0.6) is 0 Å². The van der Waals surface area contributed by atoms with Crippen molar-refractivity contribution in [3.63, 3.8) is 0 Å². The van der Waals surface area contributed by atoms with Crippen molar-refractivity contribution in [2.75, 3.05) is 24.2 Å². The van der Waals surface area contributed by atoms with Crippen LogP contribution in [-0.4, -0.2) is 23.2 Å². The van der Waals surface area contributed by atoms with E-state index in [4.69, 9.17) is 10.8 Å². The highest BCUT2D eigenvalue weighted by atomic mass is 16.3. The Balaban J connectivity index is 1.92. The van der Waals surface area contributed by atoms with E-state index < -0.39 is 0 Å². The van der Waals surface area contributed by atoms with Crippen molar-refractivity contribution in [1.29, 1.82) is 0 Å². The summed E-state index contributed by atoms with van der Waals surface area (Å²) >= 11 is 0. The Morgan fingerprint density at radius 2 is 2.36 bits per heavy atom. The highest BCUT2D eigenvalue weighted by Gasteiger charge is 2.41. The molecule has 0 saturated heterocycles. The van der Waals surface area contributed by atoms with E-state index in [9.17, 15) is 0 Å².